The van der Waals surface area contributed by atoms with E-state index >= 15 is 0 Å². The number of hydrogen-bond donors (Lipinski definition) is 0. The maximum Gasteiger partial charge on any atom is 0.127 e. The smallest absolute Gasteiger partial charge is 0.127 e. The Hall–Kier alpha value is -3.84. The van der Waals surface area contributed by atoms with E-state index < -0.39 is 0 Å². The van der Waals surface area contributed by atoms with Crippen LogP contribution in [0.4, 0.5) is 0 Å². The number of benzene rings is 2. The van der Waals surface area contributed by atoms with Gasteiger partial charge in [0.05, 0.1) is 24.8 Å². The number of ether oxygens (including phenoxy) is 2. The van der Waals surface area contributed by atoms with E-state index in [-0.39, 0.29) is 0 Å². The summed E-state index contributed by atoms with van der Waals surface area (Å²) < 4.78 is 12.8. The minimum Gasteiger partial charge on any atom is -0.493 e. The van der Waals surface area contributed by atoms with Gasteiger partial charge in [0.25, 0.3) is 0 Å². The molecule has 3 rings (SSSR count). The van der Waals surface area contributed by atoms with E-state index in [1.54, 1.807) is 0 Å². The summed E-state index contributed by atoms with van der Waals surface area (Å²) >= 11 is 0. The fourth-order valence-corrected chi connectivity index (χ4v) is 4.75. The standard InChI is InChI=1S/C38H48N2O2/c1-3-5-7-9-11-13-27-41-37-30-36(22-20-33-23-25-40-26-24-33)38(42-28-14-12-10-8-6-4-2)29-35(37)21-19-32-15-17-34(31-39)18-16-32/h15-26,29-30H,3-14,27-28H2,1-2H3/b21-19+,22-20+. The number of nitriles is 1. The minimum atomic E-state index is 0.658. The minimum absolute atomic E-state index is 0.658. The van der Waals surface area contributed by atoms with Crippen molar-refractivity contribution in [3.05, 3.63) is 88.7 Å². The van der Waals surface area contributed by atoms with Gasteiger partial charge in [-0.25, -0.2) is 0 Å². The molecule has 0 aliphatic heterocycles. The van der Waals surface area contributed by atoms with Gasteiger partial charge in [0.15, 0.2) is 0 Å². The maximum absolute atomic E-state index is 9.14. The Morgan fingerprint density at radius 3 is 1.52 bits per heavy atom. The summed E-state index contributed by atoms with van der Waals surface area (Å²) in [5.74, 6) is 1.72. The van der Waals surface area contributed by atoms with Crippen molar-refractivity contribution in [3.8, 4) is 17.6 Å². The Morgan fingerprint density at radius 1 is 0.595 bits per heavy atom. The van der Waals surface area contributed by atoms with Gasteiger partial charge in [-0.2, -0.15) is 5.26 Å². The second-order valence-electron chi connectivity index (χ2n) is 10.8. The lowest BCUT2D eigenvalue weighted by molar-refractivity contribution is 0.295. The van der Waals surface area contributed by atoms with E-state index in [0.717, 1.165) is 46.6 Å². The van der Waals surface area contributed by atoms with Crippen LogP contribution in [0.15, 0.2) is 60.9 Å². The highest BCUT2D eigenvalue weighted by Gasteiger charge is 2.10. The van der Waals surface area contributed by atoms with Gasteiger partial charge in [-0.3, -0.25) is 4.98 Å². The van der Waals surface area contributed by atoms with Crippen LogP contribution in [-0.4, -0.2) is 18.2 Å². The van der Waals surface area contributed by atoms with Crippen molar-refractivity contribution in [1.29, 1.82) is 5.26 Å². The van der Waals surface area contributed by atoms with Crippen LogP contribution in [-0.2, 0) is 0 Å². The van der Waals surface area contributed by atoms with Crippen LogP contribution in [0.1, 0.15) is 119 Å². The van der Waals surface area contributed by atoms with Crippen molar-refractivity contribution in [2.24, 2.45) is 0 Å². The quantitative estimate of drug-likeness (QED) is 0.101. The Labute approximate surface area is 254 Å². The van der Waals surface area contributed by atoms with Crippen LogP contribution in [0, 0.1) is 11.3 Å². The normalized spacial score (nSPS) is 11.3. The Bertz CT molecular complexity index is 1260. The zero-order valence-electron chi connectivity index (χ0n) is 25.7. The number of pyridine rings is 1. The average molecular weight is 565 g/mol. The molecular formula is C38H48N2O2. The van der Waals surface area contributed by atoms with Gasteiger partial charge in [-0.1, -0.05) is 114 Å². The van der Waals surface area contributed by atoms with Gasteiger partial charge in [-0.15, -0.1) is 0 Å². The summed E-state index contributed by atoms with van der Waals surface area (Å²) in [5, 5.41) is 9.14. The molecule has 0 N–H and O–H groups in total. The monoisotopic (exact) mass is 564 g/mol. The lowest BCUT2D eigenvalue weighted by Gasteiger charge is -2.15. The van der Waals surface area contributed by atoms with E-state index in [0.29, 0.717) is 18.8 Å². The van der Waals surface area contributed by atoms with E-state index in [2.05, 4.69) is 61.3 Å². The topological polar surface area (TPSA) is 55.1 Å². The van der Waals surface area contributed by atoms with E-state index in [4.69, 9.17) is 14.7 Å². The fourth-order valence-electron chi connectivity index (χ4n) is 4.75. The van der Waals surface area contributed by atoms with Crippen molar-refractivity contribution < 1.29 is 9.47 Å². The van der Waals surface area contributed by atoms with Crippen LogP contribution in [0.5, 0.6) is 11.5 Å². The number of unbranched alkanes of at least 4 members (excludes halogenated alkanes) is 10. The number of aromatic nitrogens is 1. The molecule has 0 saturated heterocycles. The van der Waals surface area contributed by atoms with Gasteiger partial charge in [0.2, 0.25) is 0 Å². The predicted molar refractivity (Wildman–Crippen MR) is 177 cm³/mol. The molecule has 0 saturated carbocycles. The molecule has 4 heteroatoms. The predicted octanol–water partition coefficient (Wildman–Crippen LogP) is 10.8. The van der Waals surface area contributed by atoms with Crippen molar-refractivity contribution in [3.63, 3.8) is 0 Å². The Balaban J connectivity index is 1.83. The second-order valence-corrected chi connectivity index (χ2v) is 10.8. The summed E-state index contributed by atoms with van der Waals surface area (Å²) in [6.07, 6.45) is 26.7. The molecule has 0 aliphatic carbocycles. The number of hydrogen-bond acceptors (Lipinski definition) is 4. The van der Waals surface area contributed by atoms with Crippen molar-refractivity contribution in [2.75, 3.05) is 13.2 Å². The molecule has 3 aromatic rings. The molecule has 0 aliphatic rings. The van der Waals surface area contributed by atoms with Gasteiger partial charge < -0.3 is 9.47 Å². The Kier molecular flexibility index (Phi) is 15.6. The summed E-state index contributed by atoms with van der Waals surface area (Å²) in [6.45, 7) is 5.88. The molecule has 0 spiro atoms. The molecule has 0 radical (unpaired) electrons. The van der Waals surface area contributed by atoms with Gasteiger partial charge >= 0.3 is 0 Å². The first-order valence-electron chi connectivity index (χ1n) is 15.9. The van der Waals surface area contributed by atoms with Crippen LogP contribution in [0.25, 0.3) is 24.3 Å². The van der Waals surface area contributed by atoms with E-state index in [1.165, 1.54) is 64.2 Å². The molecule has 0 amide bonds. The third-order valence-electron chi connectivity index (χ3n) is 7.31. The molecule has 0 bridgehead atoms. The van der Waals surface area contributed by atoms with Crippen LogP contribution in [0.2, 0.25) is 0 Å². The lowest BCUT2D eigenvalue weighted by Crippen LogP contribution is -2.03. The largest absolute Gasteiger partial charge is 0.493 e. The molecule has 0 fully saturated rings. The summed E-state index contributed by atoms with van der Waals surface area (Å²) in [7, 11) is 0. The highest BCUT2D eigenvalue weighted by atomic mass is 16.5. The summed E-state index contributed by atoms with van der Waals surface area (Å²) in [5.41, 5.74) is 4.78. The van der Waals surface area contributed by atoms with Crippen LogP contribution < -0.4 is 9.47 Å². The first kappa shape index (κ1) is 32.7. The number of rotatable bonds is 20. The first-order valence-corrected chi connectivity index (χ1v) is 15.9. The van der Waals surface area contributed by atoms with Crippen molar-refractivity contribution >= 4 is 24.3 Å². The number of nitrogens with zero attached hydrogens (tertiary/aromatic N) is 2. The average Bonchev–Trinajstić information content (AvgIpc) is 3.03. The molecule has 0 unspecified atom stereocenters. The zero-order valence-corrected chi connectivity index (χ0v) is 25.7. The molecule has 42 heavy (non-hydrogen) atoms. The SMILES string of the molecule is CCCCCCCCOc1cc(/C=C/c2ccc(C#N)cc2)c(OCCCCCCCC)cc1/C=C/c1ccncc1. The highest BCUT2D eigenvalue weighted by Crippen LogP contribution is 2.33. The molecule has 2 aromatic carbocycles. The first-order chi connectivity index (χ1) is 20.7. The van der Waals surface area contributed by atoms with Gasteiger partial charge in [-0.05, 0) is 60.4 Å². The van der Waals surface area contributed by atoms with Gasteiger partial charge in [0, 0.05) is 23.5 Å². The van der Waals surface area contributed by atoms with Crippen LogP contribution in [0.3, 0.4) is 0 Å². The van der Waals surface area contributed by atoms with Crippen molar-refractivity contribution in [1.82, 2.24) is 4.98 Å². The second kappa shape index (κ2) is 20.1. The maximum atomic E-state index is 9.14. The molecule has 1 heterocycles. The van der Waals surface area contributed by atoms with E-state index in [1.807, 2.05) is 48.8 Å². The molecule has 0 atom stereocenters. The fraction of sp³-hybridized carbons (Fsp3) is 0.421. The van der Waals surface area contributed by atoms with Crippen LogP contribution >= 0.6 is 0 Å². The third-order valence-corrected chi connectivity index (χ3v) is 7.31. The zero-order chi connectivity index (χ0) is 29.7. The van der Waals surface area contributed by atoms with Gasteiger partial charge in [0.1, 0.15) is 11.5 Å². The third kappa shape index (κ3) is 12.4. The lowest BCUT2D eigenvalue weighted by atomic mass is 10.0. The molecule has 1 aromatic heterocycles. The molecule has 222 valence electrons. The highest BCUT2D eigenvalue weighted by molar-refractivity contribution is 5.79. The van der Waals surface area contributed by atoms with Crippen molar-refractivity contribution in [2.45, 2.75) is 90.9 Å². The summed E-state index contributed by atoms with van der Waals surface area (Å²) in [4.78, 5) is 4.14. The van der Waals surface area contributed by atoms with E-state index in [9.17, 15) is 0 Å². The molecule has 4 nitrogen and oxygen atoms in total. The Morgan fingerprint density at radius 2 is 1.05 bits per heavy atom. The molecular weight excluding hydrogens is 516 g/mol. The summed E-state index contributed by atoms with van der Waals surface area (Å²) in [6, 6.07) is 18.0.